The van der Waals surface area contributed by atoms with Crippen molar-refractivity contribution in [3.63, 3.8) is 0 Å². The van der Waals surface area contributed by atoms with Crippen LogP contribution >= 0.6 is 0 Å². The predicted octanol–water partition coefficient (Wildman–Crippen LogP) is -1.99. The highest BCUT2D eigenvalue weighted by atomic mass is 16.7. The SMILES string of the molecule is NNOCC1CC1C(=O)NN. The fraction of sp³-hybridized carbons (Fsp3) is 0.800. The Morgan fingerprint density at radius 1 is 1.64 bits per heavy atom. The van der Waals surface area contributed by atoms with Gasteiger partial charge in [0.2, 0.25) is 5.91 Å². The van der Waals surface area contributed by atoms with Crippen LogP contribution in [-0.2, 0) is 9.63 Å². The second-order valence-corrected chi connectivity index (χ2v) is 2.54. The van der Waals surface area contributed by atoms with Gasteiger partial charge in [-0.3, -0.25) is 15.1 Å². The van der Waals surface area contributed by atoms with E-state index in [4.69, 9.17) is 11.7 Å². The smallest absolute Gasteiger partial charge is 0.237 e. The van der Waals surface area contributed by atoms with E-state index in [0.29, 0.717) is 6.61 Å². The third kappa shape index (κ3) is 2.12. The van der Waals surface area contributed by atoms with E-state index >= 15 is 0 Å². The Morgan fingerprint density at radius 2 is 2.36 bits per heavy atom. The quantitative estimate of drug-likeness (QED) is 0.216. The maximum absolute atomic E-state index is 10.8. The zero-order valence-electron chi connectivity index (χ0n) is 6.04. The van der Waals surface area contributed by atoms with Crippen LogP contribution in [0.25, 0.3) is 0 Å². The van der Waals surface area contributed by atoms with Crippen LogP contribution in [0.3, 0.4) is 0 Å². The third-order valence-electron chi connectivity index (χ3n) is 1.78. The third-order valence-corrected chi connectivity index (χ3v) is 1.78. The summed E-state index contributed by atoms with van der Waals surface area (Å²) in [6.45, 7) is 0.453. The van der Waals surface area contributed by atoms with Crippen molar-refractivity contribution in [1.82, 2.24) is 11.0 Å². The Kier molecular flexibility index (Phi) is 2.77. The van der Waals surface area contributed by atoms with Crippen molar-refractivity contribution in [1.29, 1.82) is 0 Å². The summed E-state index contributed by atoms with van der Waals surface area (Å²) in [5, 5.41) is 0. The van der Waals surface area contributed by atoms with Gasteiger partial charge >= 0.3 is 0 Å². The van der Waals surface area contributed by atoms with Crippen molar-refractivity contribution in [2.24, 2.45) is 23.5 Å². The number of nitrogens with one attached hydrogen (secondary N) is 2. The summed E-state index contributed by atoms with van der Waals surface area (Å²) in [6, 6.07) is 0. The Bertz CT molecular complexity index is 151. The van der Waals surface area contributed by atoms with Crippen molar-refractivity contribution in [3.8, 4) is 0 Å². The zero-order valence-corrected chi connectivity index (χ0v) is 6.04. The van der Waals surface area contributed by atoms with Gasteiger partial charge in [0.25, 0.3) is 0 Å². The van der Waals surface area contributed by atoms with Crippen LogP contribution < -0.4 is 22.7 Å². The van der Waals surface area contributed by atoms with Gasteiger partial charge in [-0.05, 0) is 12.3 Å². The van der Waals surface area contributed by atoms with Crippen molar-refractivity contribution in [3.05, 3.63) is 0 Å². The van der Waals surface area contributed by atoms with Gasteiger partial charge in [-0.1, -0.05) is 0 Å². The number of carbonyl (C=O) groups is 1. The average Bonchev–Trinajstić information content (AvgIpc) is 2.78. The molecule has 64 valence electrons. The molecule has 6 nitrogen and oxygen atoms in total. The minimum atomic E-state index is -0.129. The first kappa shape index (κ1) is 8.41. The van der Waals surface area contributed by atoms with Crippen LogP contribution in [0.1, 0.15) is 6.42 Å². The van der Waals surface area contributed by atoms with E-state index in [2.05, 4.69) is 15.9 Å². The van der Waals surface area contributed by atoms with Crippen LogP contribution in [-0.4, -0.2) is 12.5 Å². The Hall–Kier alpha value is -0.690. The van der Waals surface area contributed by atoms with Gasteiger partial charge in [0.15, 0.2) is 0 Å². The molecule has 1 aliphatic carbocycles. The van der Waals surface area contributed by atoms with Crippen molar-refractivity contribution >= 4 is 5.91 Å². The van der Waals surface area contributed by atoms with Crippen LogP contribution in [0, 0.1) is 11.8 Å². The average molecular weight is 160 g/mol. The minimum absolute atomic E-state index is 0.00773. The molecule has 6 N–H and O–H groups in total. The van der Waals surface area contributed by atoms with E-state index < -0.39 is 0 Å². The van der Waals surface area contributed by atoms with E-state index in [1.54, 1.807) is 0 Å². The van der Waals surface area contributed by atoms with E-state index in [-0.39, 0.29) is 17.7 Å². The molecule has 0 aromatic rings. The van der Waals surface area contributed by atoms with Gasteiger partial charge in [-0.15, -0.1) is 5.59 Å². The van der Waals surface area contributed by atoms with E-state index in [0.717, 1.165) is 6.42 Å². The zero-order chi connectivity index (χ0) is 8.27. The number of hydrogen-bond donors (Lipinski definition) is 4. The summed E-state index contributed by atoms with van der Waals surface area (Å²) in [4.78, 5) is 15.5. The molecule has 2 unspecified atom stereocenters. The molecule has 0 heterocycles. The maximum atomic E-state index is 10.8. The molecule has 1 fully saturated rings. The largest absolute Gasteiger partial charge is 0.294 e. The summed E-state index contributed by atoms with van der Waals surface area (Å²) < 4.78 is 0. The molecule has 2 atom stereocenters. The fourth-order valence-corrected chi connectivity index (χ4v) is 1.02. The second kappa shape index (κ2) is 3.63. The lowest BCUT2D eigenvalue weighted by molar-refractivity contribution is -0.123. The molecule has 0 aliphatic heterocycles. The molecular weight excluding hydrogens is 148 g/mol. The highest BCUT2D eigenvalue weighted by Crippen LogP contribution is 2.38. The number of carbonyl (C=O) groups excluding carboxylic acids is 1. The number of amides is 1. The van der Waals surface area contributed by atoms with E-state index in [1.165, 1.54) is 0 Å². The van der Waals surface area contributed by atoms with Gasteiger partial charge < -0.3 is 0 Å². The molecule has 1 rings (SSSR count). The lowest BCUT2D eigenvalue weighted by Gasteiger charge is -1.98. The van der Waals surface area contributed by atoms with Crippen LogP contribution in [0.2, 0.25) is 0 Å². The van der Waals surface area contributed by atoms with Crippen molar-refractivity contribution < 1.29 is 9.63 Å². The fourth-order valence-electron chi connectivity index (χ4n) is 1.02. The van der Waals surface area contributed by atoms with Crippen LogP contribution in [0.5, 0.6) is 0 Å². The molecule has 1 amide bonds. The lowest BCUT2D eigenvalue weighted by atomic mass is 10.3. The summed E-state index contributed by atoms with van der Waals surface area (Å²) in [5.41, 5.74) is 4.14. The molecular formula is C5H12N4O2. The first-order chi connectivity index (χ1) is 5.29. The summed E-state index contributed by atoms with van der Waals surface area (Å²) in [5.74, 6) is 9.92. The minimum Gasteiger partial charge on any atom is -0.294 e. The molecule has 1 saturated carbocycles. The first-order valence-electron chi connectivity index (χ1n) is 3.37. The highest BCUT2D eigenvalue weighted by Gasteiger charge is 2.42. The summed E-state index contributed by atoms with van der Waals surface area (Å²) >= 11 is 0. The van der Waals surface area contributed by atoms with Gasteiger partial charge in [-0.25, -0.2) is 11.7 Å². The van der Waals surface area contributed by atoms with Gasteiger partial charge in [-0.2, -0.15) is 0 Å². The van der Waals surface area contributed by atoms with E-state index in [9.17, 15) is 4.79 Å². The summed E-state index contributed by atoms with van der Waals surface area (Å²) in [6.07, 6.45) is 0.824. The molecule has 0 radical (unpaired) electrons. The molecule has 6 heteroatoms. The van der Waals surface area contributed by atoms with Crippen LogP contribution in [0.4, 0.5) is 0 Å². The molecule has 0 spiro atoms. The molecule has 1 aliphatic rings. The molecule has 11 heavy (non-hydrogen) atoms. The van der Waals surface area contributed by atoms with Gasteiger partial charge in [0.1, 0.15) is 0 Å². The number of hydrazine groups is 2. The Balaban J connectivity index is 2.11. The number of hydrogen-bond acceptors (Lipinski definition) is 5. The summed E-state index contributed by atoms with van der Waals surface area (Å²) in [7, 11) is 0. The first-order valence-corrected chi connectivity index (χ1v) is 3.37. The molecule has 0 bridgehead atoms. The second-order valence-electron chi connectivity index (χ2n) is 2.54. The normalized spacial score (nSPS) is 28.2. The molecule has 0 aromatic carbocycles. The number of rotatable bonds is 4. The predicted molar refractivity (Wildman–Crippen MR) is 37.2 cm³/mol. The highest BCUT2D eigenvalue weighted by molar-refractivity contribution is 5.80. The molecule has 0 aromatic heterocycles. The van der Waals surface area contributed by atoms with Crippen molar-refractivity contribution in [2.75, 3.05) is 6.61 Å². The monoisotopic (exact) mass is 160 g/mol. The van der Waals surface area contributed by atoms with Gasteiger partial charge in [0.05, 0.1) is 6.61 Å². The Morgan fingerprint density at radius 3 is 2.91 bits per heavy atom. The Labute approximate surface area is 64.1 Å². The number of nitrogens with two attached hydrogens (primary N) is 2. The lowest BCUT2D eigenvalue weighted by Crippen LogP contribution is -2.32. The van der Waals surface area contributed by atoms with Gasteiger partial charge in [0, 0.05) is 5.92 Å². The topological polar surface area (TPSA) is 102 Å². The standard InChI is InChI=1S/C5H12N4O2/c6-8-5(10)4-1-3(4)2-11-9-7/h3-4,9H,1-2,6-7H2,(H,8,10). The van der Waals surface area contributed by atoms with Crippen molar-refractivity contribution in [2.45, 2.75) is 6.42 Å². The molecule has 0 saturated heterocycles. The van der Waals surface area contributed by atoms with Crippen LogP contribution in [0.15, 0.2) is 0 Å². The maximum Gasteiger partial charge on any atom is 0.237 e. The van der Waals surface area contributed by atoms with E-state index in [1.807, 2.05) is 0 Å².